The number of phenols is 1. The molecule has 2 rings (SSSR count). The molecule has 0 aliphatic carbocycles. The second-order valence-corrected chi connectivity index (χ2v) is 3.99. The fourth-order valence-electron chi connectivity index (χ4n) is 1.78. The molecular weight excluding hydrogens is 206 g/mol. The quantitative estimate of drug-likeness (QED) is 0.607. The number of nitrogen functional groups attached to an aromatic ring is 1. The average Bonchev–Trinajstić information content (AvgIpc) is 2.32. The Morgan fingerprint density at radius 2 is 2.31 bits per heavy atom. The summed E-state index contributed by atoms with van der Waals surface area (Å²) in [6, 6.07) is 5.00. The van der Waals surface area contributed by atoms with Crippen molar-refractivity contribution in [2.24, 2.45) is 0 Å². The van der Waals surface area contributed by atoms with E-state index in [0.29, 0.717) is 18.0 Å². The van der Waals surface area contributed by atoms with Crippen LogP contribution in [0.15, 0.2) is 18.2 Å². The summed E-state index contributed by atoms with van der Waals surface area (Å²) in [4.78, 5) is 0. The molecule has 0 bridgehead atoms. The van der Waals surface area contributed by atoms with Crippen LogP contribution >= 0.6 is 0 Å². The molecule has 1 atom stereocenters. The standard InChI is InChI=1S/C12H17NO3/c13-12-10(14)5-3-6-11(12)16-8-9-4-1-2-7-15-9/h3,5-6,9,14H,1-2,4,7-8,13H2. The molecule has 1 aromatic carbocycles. The van der Waals surface area contributed by atoms with Crippen molar-refractivity contribution in [1.29, 1.82) is 0 Å². The maximum atomic E-state index is 9.40. The lowest BCUT2D eigenvalue weighted by molar-refractivity contribution is -0.0109. The zero-order valence-electron chi connectivity index (χ0n) is 9.19. The van der Waals surface area contributed by atoms with Crippen LogP contribution in [0.4, 0.5) is 5.69 Å². The summed E-state index contributed by atoms with van der Waals surface area (Å²) in [6.07, 6.45) is 3.49. The van der Waals surface area contributed by atoms with Crippen molar-refractivity contribution in [2.75, 3.05) is 18.9 Å². The Hall–Kier alpha value is -1.42. The zero-order chi connectivity index (χ0) is 11.4. The summed E-state index contributed by atoms with van der Waals surface area (Å²) in [5.41, 5.74) is 5.97. The van der Waals surface area contributed by atoms with Crippen molar-refractivity contribution in [2.45, 2.75) is 25.4 Å². The third-order valence-electron chi connectivity index (χ3n) is 2.74. The predicted octanol–water partition coefficient (Wildman–Crippen LogP) is 1.92. The second kappa shape index (κ2) is 5.07. The minimum absolute atomic E-state index is 0.0575. The fraction of sp³-hybridized carbons (Fsp3) is 0.500. The van der Waals surface area contributed by atoms with Gasteiger partial charge in [0.2, 0.25) is 0 Å². The summed E-state index contributed by atoms with van der Waals surface area (Å²) in [7, 11) is 0. The molecule has 1 aliphatic heterocycles. The summed E-state index contributed by atoms with van der Waals surface area (Å²) >= 11 is 0. The van der Waals surface area contributed by atoms with E-state index in [0.717, 1.165) is 19.4 Å². The van der Waals surface area contributed by atoms with Gasteiger partial charge >= 0.3 is 0 Å². The van der Waals surface area contributed by atoms with Crippen LogP contribution in [0.2, 0.25) is 0 Å². The highest BCUT2D eigenvalue weighted by Crippen LogP contribution is 2.30. The number of anilines is 1. The lowest BCUT2D eigenvalue weighted by Gasteiger charge is -2.22. The maximum absolute atomic E-state index is 9.40. The molecule has 1 saturated heterocycles. The van der Waals surface area contributed by atoms with Crippen LogP contribution in [-0.2, 0) is 4.74 Å². The Morgan fingerprint density at radius 3 is 3.06 bits per heavy atom. The smallest absolute Gasteiger partial charge is 0.146 e. The molecule has 4 heteroatoms. The molecule has 0 aromatic heterocycles. The van der Waals surface area contributed by atoms with Gasteiger partial charge in [-0.2, -0.15) is 0 Å². The molecule has 0 spiro atoms. The Kier molecular flexibility index (Phi) is 3.51. The molecule has 4 nitrogen and oxygen atoms in total. The largest absolute Gasteiger partial charge is 0.506 e. The first-order valence-corrected chi connectivity index (χ1v) is 5.59. The first kappa shape index (κ1) is 11.1. The first-order chi connectivity index (χ1) is 7.77. The van der Waals surface area contributed by atoms with Gasteiger partial charge in [-0.25, -0.2) is 0 Å². The van der Waals surface area contributed by atoms with Gasteiger partial charge in [0.25, 0.3) is 0 Å². The number of hydrogen-bond acceptors (Lipinski definition) is 4. The topological polar surface area (TPSA) is 64.7 Å². The van der Waals surface area contributed by atoms with Crippen molar-refractivity contribution >= 4 is 5.69 Å². The summed E-state index contributed by atoms with van der Waals surface area (Å²) in [5, 5.41) is 9.40. The van der Waals surface area contributed by atoms with Crippen LogP contribution < -0.4 is 10.5 Å². The molecule has 16 heavy (non-hydrogen) atoms. The van der Waals surface area contributed by atoms with Crippen LogP contribution in [0, 0.1) is 0 Å². The maximum Gasteiger partial charge on any atom is 0.146 e. The van der Waals surface area contributed by atoms with Gasteiger partial charge in [0, 0.05) is 6.61 Å². The summed E-state index contributed by atoms with van der Waals surface area (Å²) < 4.78 is 11.1. The Bertz CT molecular complexity index is 348. The Morgan fingerprint density at radius 1 is 1.44 bits per heavy atom. The normalized spacial score (nSPS) is 20.6. The summed E-state index contributed by atoms with van der Waals surface area (Å²) in [6.45, 7) is 1.30. The highest BCUT2D eigenvalue weighted by molar-refractivity contribution is 5.61. The minimum atomic E-state index is 0.0575. The van der Waals surface area contributed by atoms with E-state index in [9.17, 15) is 5.11 Å². The average molecular weight is 223 g/mol. The van der Waals surface area contributed by atoms with Gasteiger partial charge in [-0.05, 0) is 31.4 Å². The Labute approximate surface area is 95.0 Å². The van der Waals surface area contributed by atoms with Crippen LogP contribution in [0.3, 0.4) is 0 Å². The van der Waals surface area contributed by atoms with Crippen LogP contribution in [0.5, 0.6) is 11.5 Å². The second-order valence-electron chi connectivity index (χ2n) is 3.99. The first-order valence-electron chi connectivity index (χ1n) is 5.59. The molecule has 1 heterocycles. The molecule has 0 amide bonds. The number of nitrogens with two attached hydrogens (primary N) is 1. The molecule has 3 N–H and O–H groups in total. The van der Waals surface area contributed by atoms with Crippen molar-refractivity contribution in [1.82, 2.24) is 0 Å². The third-order valence-corrected chi connectivity index (χ3v) is 2.74. The zero-order valence-corrected chi connectivity index (χ0v) is 9.19. The van der Waals surface area contributed by atoms with E-state index in [1.165, 1.54) is 6.42 Å². The van der Waals surface area contributed by atoms with Crippen molar-refractivity contribution < 1.29 is 14.6 Å². The van der Waals surface area contributed by atoms with Crippen molar-refractivity contribution in [3.05, 3.63) is 18.2 Å². The molecule has 88 valence electrons. The van der Waals surface area contributed by atoms with Gasteiger partial charge in [0.05, 0.1) is 6.10 Å². The van der Waals surface area contributed by atoms with Crippen molar-refractivity contribution in [3.8, 4) is 11.5 Å². The lowest BCUT2D eigenvalue weighted by atomic mass is 10.1. The third kappa shape index (κ3) is 2.58. The van der Waals surface area contributed by atoms with E-state index < -0.39 is 0 Å². The Balaban J connectivity index is 1.91. The van der Waals surface area contributed by atoms with Gasteiger partial charge in [0.1, 0.15) is 23.8 Å². The van der Waals surface area contributed by atoms with E-state index >= 15 is 0 Å². The monoisotopic (exact) mass is 223 g/mol. The van der Waals surface area contributed by atoms with Gasteiger partial charge in [0.15, 0.2) is 0 Å². The van der Waals surface area contributed by atoms with Gasteiger partial charge in [-0.15, -0.1) is 0 Å². The van der Waals surface area contributed by atoms with Crippen LogP contribution in [0.1, 0.15) is 19.3 Å². The van der Waals surface area contributed by atoms with Gasteiger partial charge in [-0.1, -0.05) is 6.07 Å². The number of phenolic OH excluding ortho intramolecular Hbond substituents is 1. The van der Waals surface area contributed by atoms with Crippen LogP contribution in [-0.4, -0.2) is 24.4 Å². The number of aromatic hydroxyl groups is 1. The van der Waals surface area contributed by atoms with Crippen molar-refractivity contribution in [3.63, 3.8) is 0 Å². The van der Waals surface area contributed by atoms with Gasteiger partial charge < -0.3 is 20.3 Å². The van der Waals surface area contributed by atoms with Crippen LogP contribution in [0.25, 0.3) is 0 Å². The molecule has 0 saturated carbocycles. The highest BCUT2D eigenvalue weighted by atomic mass is 16.5. The predicted molar refractivity (Wildman–Crippen MR) is 61.6 cm³/mol. The van der Waals surface area contributed by atoms with E-state index in [1.807, 2.05) is 0 Å². The molecular formula is C12H17NO3. The molecule has 1 fully saturated rings. The van der Waals surface area contributed by atoms with Gasteiger partial charge in [-0.3, -0.25) is 0 Å². The number of ether oxygens (including phenoxy) is 2. The number of rotatable bonds is 3. The molecule has 0 radical (unpaired) electrons. The van der Waals surface area contributed by atoms with E-state index in [1.54, 1.807) is 18.2 Å². The van der Waals surface area contributed by atoms with E-state index in [4.69, 9.17) is 15.2 Å². The highest BCUT2D eigenvalue weighted by Gasteiger charge is 2.15. The SMILES string of the molecule is Nc1c(O)cccc1OCC1CCCCO1. The summed E-state index contributed by atoms with van der Waals surface area (Å²) in [5.74, 6) is 0.580. The number of hydrogen-bond donors (Lipinski definition) is 2. The fourth-order valence-corrected chi connectivity index (χ4v) is 1.78. The van der Waals surface area contributed by atoms with E-state index in [-0.39, 0.29) is 11.9 Å². The lowest BCUT2D eigenvalue weighted by Crippen LogP contribution is -2.25. The minimum Gasteiger partial charge on any atom is -0.506 e. The molecule has 1 aromatic rings. The number of para-hydroxylation sites is 1. The molecule has 1 unspecified atom stereocenters. The number of benzene rings is 1. The van der Waals surface area contributed by atoms with E-state index in [2.05, 4.69) is 0 Å². The molecule has 1 aliphatic rings.